The van der Waals surface area contributed by atoms with Gasteiger partial charge in [-0.1, -0.05) is 66.0 Å². The lowest BCUT2D eigenvalue weighted by Crippen LogP contribution is -2.41. The Morgan fingerprint density at radius 2 is 1.87 bits per heavy atom. The molecule has 4 heteroatoms. The predicted octanol–water partition coefficient (Wildman–Crippen LogP) is 5.18. The van der Waals surface area contributed by atoms with E-state index in [9.17, 15) is 0 Å². The molecule has 0 aromatic carbocycles. The Balaban J connectivity index is 2.66. The van der Waals surface area contributed by atoms with Gasteiger partial charge < -0.3 is 19.9 Å². The lowest BCUT2D eigenvalue weighted by Gasteiger charge is -2.35. The number of rotatable bonds is 17. The van der Waals surface area contributed by atoms with Crippen molar-refractivity contribution in [2.45, 2.75) is 73.3 Å². The summed E-state index contributed by atoms with van der Waals surface area (Å²) >= 11 is 0. The Morgan fingerprint density at radius 3 is 2.47 bits per heavy atom. The minimum absolute atomic E-state index is 0.445. The summed E-state index contributed by atoms with van der Waals surface area (Å²) in [5.74, 6) is 2.04. The second kappa shape index (κ2) is 15.9. The molecule has 0 aromatic heterocycles. The molecule has 0 aliphatic heterocycles. The van der Waals surface area contributed by atoms with Crippen LogP contribution in [0.5, 0.6) is 0 Å². The molecule has 0 heterocycles. The highest BCUT2D eigenvalue weighted by molar-refractivity contribution is 5.27. The summed E-state index contributed by atoms with van der Waals surface area (Å²) in [4.78, 5) is 5.05. The Kier molecular flexibility index (Phi) is 14.4. The minimum atomic E-state index is 0.445. The van der Waals surface area contributed by atoms with Crippen LogP contribution in [0.2, 0.25) is 0 Å². The van der Waals surface area contributed by atoms with Crippen LogP contribution in [0.15, 0.2) is 23.9 Å². The number of likely N-dealkylation sites (N-methyl/N-ethyl adjacent to an activating group) is 1. The van der Waals surface area contributed by atoms with Crippen LogP contribution in [-0.2, 0) is 4.74 Å². The summed E-state index contributed by atoms with van der Waals surface area (Å²) in [5, 5.41) is 3.88. The van der Waals surface area contributed by atoms with E-state index in [4.69, 9.17) is 4.74 Å². The number of nitrogens with zero attached hydrogens (tertiary/aromatic N) is 2. The van der Waals surface area contributed by atoms with E-state index in [-0.39, 0.29) is 0 Å². The van der Waals surface area contributed by atoms with E-state index in [1.807, 2.05) is 0 Å². The molecule has 0 saturated carbocycles. The van der Waals surface area contributed by atoms with Gasteiger partial charge in [-0.15, -0.1) is 0 Å². The first kappa shape index (κ1) is 27.2. The molecule has 4 atom stereocenters. The third-order valence-electron chi connectivity index (χ3n) is 6.71. The number of hydrogen-bond donors (Lipinski definition) is 1. The zero-order valence-corrected chi connectivity index (χ0v) is 21.1. The first-order valence-corrected chi connectivity index (χ1v) is 12.6. The quantitative estimate of drug-likeness (QED) is 0.328. The van der Waals surface area contributed by atoms with E-state index in [0.717, 1.165) is 38.7 Å². The minimum Gasteiger partial charge on any atom is -0.383 e. The average Bonchev–Trinajstić information content (AvgIpc) is 2.76. The maximum absolute atomic E-state index is 5.31. The molecule has 1 rings (SSSR count). The molecule has 30 heavy (non-hydrogen) atoms. The van der Waals surface area contributed by atoms with Gasteiger partial charge in [0, 0.05) is 44.4 Å². The van der Waals surface area contributed by atoms with Crippen molar-refractivity contribution in [1.29, 1.82) is 0 Å². The SMILES string of the molecule is CCCC(C)C1C=C(N(CC)CCOC)C=CC1NCCCN(CC)CC(C)CC. The predicted molar refractivity (Wildman–Crippen MR) is 132 cm³/mol. The fourth-order valence-electron chi connectivity index (χ4n) is 4.46. The maximum Gasteiger partial charge on any atom is 0.0637 e. The second-order valence-corrected chi connectivity index (χ2v) is 9.11. The third kappa shape index (κ3) is 9.53. The zero-order chi connectivity index (χ0) is 22.4. The molecule has 4 nitrogen and oxygen atoms in total. The molecule has 1 aliphatic rings. The first-order valence-electron chi connectivity index (χ1n) is 12.6. The lowest BCUT2D eigenvalue weighted by atomic mass is 9.81. The molecular formula is C26H51N3O. The highest BCUT2D eigenvalue weighted by Crippen LogP contribution is 2.29. The van der Waals surface area contributed by atoms with Gasteiger partial charge in [0.25, 0.3) is 0 Å². The van der Waals surface area contributed by atoms with Crippen LogP contribution in [0.4, 0.5) is 0 Å². The number of ether oxygens (including phenoxy) is 1. The van der Waals surface area contributed by atoms with Crippen LogP contribution >= 0.6 is 0 Å². The molecule has 4 unspecified atom stereocenters. The van der Waals surface area contributed by atoms with Gasteiger partial charge in [-0.25, -0.2) is 0 Å². The summed E-state index contributed by atoms with van der Waals surface area (Å²) in [6.45, 7) is 21.3. The number of methoxy groups -OCH3 is 1. The largest absolute Gasteiger partial charge is 0.383 e. The summed E-state index contributed by atoms with van der Waals surface area (Å²) in [5.41, 5.74) is 1.37. The standard InChI is InChI=1S/C26H51N3O/c1-8-13-23(6)25-20-24(29(11-4)18-19-30-7)14-15-26(25)27-16-12-17-28(10-3)21-22(5)9-2/h14-15,20,22-23,25-27H,8-13,16-19,21H2,1-7H3. The molecule has 1 aliphatic carbocycles. The number of nitrogens with one attached hydrogen (secondary N) is 1. The summed E-state index contributed by atoms with van der Waals surface area (Å²) < 4.78 is 5.31. The fraction of sp³-hybridized carbons (Fsp3) is 0.846. The molecule has 0 saturated heterocycles. The van der Waals surface area contributed by atoms with Crippen molar-refractivity contribution in [3.63, 3.8) is 0 Å². The van der Waals surface area contributed by atoms with E-state index < -0.39 is 0 Å². The third-order valence-corrected chi connectivity index (χ3v) is 6.71. The molecular weight excluding hydrogens is 370 g/mol. The van der Waals surface area contributed by atoms with Crippen LogP contribution in [0, 0.1) is 17.8 Å². The summed E-state index contributed by atoms with van der Waals surface area (Å²) in [7, 11) is 1.79. The van der Waals surface area contributed by atoms with Gasteiger partial charge in [-0.2, -0.15) is 0 Å². The fourth-order valence-corrected chi connectivity index (χ4v) is 4.46. The molecule has 176 valence electrons. The van der Waals surface area contributed by atoms with E-state index in [1.165, 1.54) is 44.5 Å². The maximum atomic E-state index is 5.31. The number of hydrogen-bond acceptors (Lipinski definition) is 4. The second-order valence-electron chi connectivity index (χ2n) is 9.11. The van der Waals surface area contributed by atoms with Crippen LogP contribution in [-0.4, -0.2) is 68.8 Å². The molecule has 0 bridgehead atoms. The lowest BCUT2D eigenvalue weighted by molar-refractivity contribution is 0.166. The topological polar surface area (TPSA) is 27.7 Å². The molecule has 0 aromatic rings. The number of allylic oxidation sites excluding steroid dienone is 1. The Labute approximate surface area is 188 Å². The van der Waals surface area contributed by atoms with Gasteiger partial charge in [0.15, 0.2) is 0 Å². The highest BCUT2D eigenvalue weighted by Gasteiger charge is 2.26. The van der Waals surface area contributed by atoms with Gasteiger partial charge in [-0.3, -0.25) is 0 Å². The van der Waals surface area contributed by atoms with E-state index >= 15 is 0 Å². The smallest absolute Gasteiger partial charge is 0.0637 e. The summed E-state index contributed by atoms with van der Waals surface area (Å²) in [6, 6.07) is 0.445. The van der Waals surface area contributed by atoms with Crippen molar-refractivity contribution < 1.29 is 4.74 Å². The van der Waals surface area contributed by atoms with Gasteiger partial charge in [0.2, 0.25) is 0 Å². The molecule has 0 fully saturated rings. The molecule has 0 radical (unpaired) electrons. The molecule has 1 N–H and O–H groups in total. The van der Waals surface area contributed by atoms with Gasteiger partial charge >= 0.3 is 0 Å². The van der Waals surface area contributed by atoms with Crippen molar-refractivity contribution >= 4 is 0 Å². The van der Waals surface area contributed by atoms with Crippen LogP contribution in [0.25, 0.3) is 0 Å². The van der Waals surface area contributed by atoms with Gasteiger partial charge in [0.05, 0.1) is 6.61 Å². The summed E-state index contributed by atoms with van der Waals surface area (Å²) in [6.07, 6.45) is 12.3. The van der Waals surface area contributed by atoms with Crippen LogP contribution < -0.4 is 5.32 Å². The van der Waals surface area contributed by atoms with Crippen LogP contribution in [0.3, 0.4) is 0 Å². The molecule has 0 spiro atoms. The average molecular weight is 422 g/mol. The van der Waals surface area contributed by atoms with Crippen LogP contribution in [0.1, 0.15) is 67.2 Å². The first-order chi connectivity index (χ1) is 14.5. The van der Waals surface area contributed by atoms with Crippen molar-refractivity contribution in [3.8, 4) is 0 Å². The van der Waals surface area contributed by atoms with E-state index in [0.29, 0.717) is 17.9 Å². The van der Waals surface area contributed by atoms with Crippen molar-refractivity contribution in [2.24, 2.45) is 17.8 Å². The zero-order valence-electron chi connectivity index (χ0n) is 21.1. The normalized spacial score (nSPS) is 21.0. The Bertz CT molecular complexity index is 491. The van der Waals surface area contributed by atoms with Crippen molar-refractivity contribution in [3.05, 3.63) is 23.9 Å². The van der Waals surface area contributed by atoms with E-state index in [1.54, 1.807) is 7.11 Å². The van der Waals surface area contributed by atoms with Gasteiger partial charge in [-0.05, 0) is 50.9 Å². The highest BCUT2D eigenvalue weighted by atomic mass is 16.5. The van der Waals surface area contributed by atoms with E-state index in [2.05, 4.69) is 74.9 Å². The van der Waals surface area contributed by atoms with Crippen molar-refractivity contribution in [1.82, 2.24) is 15.1 Å². The molecule has 0 amide bonds. The van der Waals surface area contributed by atoms with Crippen molar-refractivity contribution in [2.75, 3.05) is 53.0 Å². The monoisotopic (exact) mass is 421 g/mol. The van der Waals surface area contributed by atoms with Gasteiger partial charge in [0.1, 0.15) is 0 Å². The Hall–Kier alpha value is -0.840. The Morgan fingerprint density at radius 1 is 1.10 bits per heavy atom.